The molecule has 14 heavy (non-hydrogen) atoms. The van der Waals surface area contributed by atoms with Crippen molar-refractivity contribution >= 4 is 37.8 Å². The second-order valence-corrected chi connectivity index (χ2v) is 4.67. The van der Waals surface area contributed by atoms with Crippen LogP contribution in [0.25, 0.3) is 0 Å². The van der Waals surface area contributed by atoms with E-state index in [4.69, 9.17) is 5.11 Å². The van der Waals surface area contributed by atoms with E-state index in [1.54, 1.807) is 12.1 Å². The molecule has 2 nitrogen and oxygen atoms in total. The number of alkyl halides is 2. The van der Waals surface area contributed by atoms with E-state index in [1.807, 2.05) is 0 Å². The smallest absolute Gasteiger partial charge is 0.318 e. The van der Waals surface area contributed by atoms with Gasteiger partial charge < -0.3 is 5.11 Å². The highest BCUT2D eigenvalue weighted by Gasteiger charge is 2.24. The van der Waals surface area contributed by atoms with Crippen molar-refractivity contribution < 1.29 is 14.3 Å². The second kappa shape index (κ2) is 4.89. The summed E-state index contributed by atoms with van der Waals surface area (Å²) in [6.07, 6.45) is 0. The van der Waals surface area contributed by atoms with E-state index in [-0.39, 0.29) is 10.6 Å². The number of benzene rings is 1. The van der Waals surface area contributed by atoms with Gasteiger partial charge in [0.25, 0.3) is 0 Å². The Morgan fingerprint density at radius 1 is 1.29 bits per heavy atom. The van der Waals surface area contributed by atoms with Crippen molar-refractivity contribution in [2.75, 3.05) is 0 Å². The zero-order chi connectivity index (χ0) is 10.7. The van der Waals surface area contributed by atoms with Crippen LogP contribution in [0.15, 0.2) is 24.3 Å². The van der Waals surface area contributed by atoms with E-state index in [9.17, 15) is 9.18 Å². The van der Waals surface area contributed by atoms with Gasteiger partial charge in [0.15, 0.2) is 0 Å². The van der Waals surface area contributed by atoms with Crippen LogP contribution in [0.1, 0.15) is 10.4 Å². The maximum atomic E-state index is 12.6. The van der Waals surface area contributed by atoms with Gasteiger partial charge in [-0.25, -0.2) is 4.39 Å². The Labute approximate surface area is 97.4 Å². The summed E-state index contributed by atoms with van der Waals surface area (Å²) in [5.74, 6) is -1.30. The van der Waals surface area contributed by atoms with Crippen LogP contribution in [0, 0.1) is 5.82 Å². The van der Waals surface area contributed by atoms with Gasteiger partial charge in [-0.2, -0.15) is 0 Å². The molecule has 0 heterocycles. The van der Waals surface area contributed by atoms with Gasteiger partial charge in [0.05, 0.1) is 4.83 Å². The summed E-state index contributed by atoms with van der Waals surface area (Å²) in [4.78, 5) is 9.53. The molecule has 0 amide bonds. The van der Waals surface area contributed by atoms with Crippen molar-refractivity contribution in [2.45, 2.75) is 9.65 Å². The predicted octanol–water partition coefficient (Wildman–Crippen LogP) is 3.11. The lowest BCUT2D eigenvalue weighted by Crippen LogP contribution is -2.17. The second-order valence-electron chi connectivity index (χ2n) is 2.69. The van der Waals surface area contributed by atoms with E-state index in [0.717, 1.165) is 5.56 Å². The summed E-state index contributed by atoms with van der Waals surface area (Å²) < 4.78 is 12.6. The molecule has 5 heteroatoms. The number of carboxylic acids is 1. The van der Waals surface area contributed by atoms with Gasteiger partial charge in [-0.05, 0) is 17.7 Å². The van der Waals surface area contributed by atoms with E-state index in [2.05, 4.69) is 31.9 Å². The molecule has 0 aliphatic heterocycles. The topological polar surface area (TPSA) is 37.3 Å². The maximum absolute atomic E-state index is 12.6. The zero-order valence-corrected chi connectivity index (χ0v) is 10.1. The molecule has 2 atom stereocenters. The number of aliphatic carboxylic acids is 1. The molecule has 1 aromatic rings. The lowest BCUT2D eigenvalue weighted by Gasteiger charge is -2.12. The number of halogens is 3. The van der Waals surface area contributed by atoms with Crippen LogP contribution < -0.4 is 0 Å². The van der Waals surface area contributed by atoms with Crippen LogP contribution in [0.5, 0.6) is 0 Å². The highest BCUT2D eigenvalue weighted by molar-refractivity contribution is 9.12. The van der Waals surface area contributed by atoms with Crippen LogP contribution >= 0.6 is 31.9 Å². The van der Waals surface area contributed by atoms with Gasteiger partial charge in [-0.15, -0.1) is 0 Å². The third-order valence-electron chi connectivity index (χ3n) is 1.68. The molecule has 0 aromatic heterocycles. The van der Waals surface area contributed by atoms with E-state index < -0.39 is 10.8 Å². The minimum absolute atomic E-state index is 0.338. The molecule has 1 N–H and O–H groups in total. The Hall–Kier alpha value is -0.420. The first-order valence-corrected chi connectivity index (χ1v) is 5.62. The molecule has 1 aromatic carbocycles. The molecule has 0 saturated carbocycles. The average Bonchev–Trinajstić information content (AvgIpc) is 2.16. The van der Waals surface area contributed by atoms with Crippen LogP contribution in [0.4, 0.5) is 4.39 Å². The van der Waals surface area contributed by atoms with Gasteiger partial charge in [0.2, 0.25) is 0 Å². The first-order valence-electron chi connectivity index (χ1n) is 3.79. The summed E-state index contributed by atoms with van der Waals surface area (Å²) in [7, 11) is 0. The molecular weight excluding hydrogens is 319 g/mol. The van der Waals surface area contributed by atoms with Crippen molar-refractivity contribution in [3.63, 3.8) is 0 Å². The van der Waals surface area contributed by atoms with Gasteiger partial charge in [0.1, 0.15) is 10.6 Å². The zero-order valence-electron chi connectivity index (χ0n) is 6.95. The summed E-state index contributed by atoms with van der Waals surface area (Å²) in [5, 5.41) is 8.72. The molecule has 0 aliphatic carbocycles. The van der Waals surface area contributed by atoms with Crippen molar-refractivity contribution in [3.8, 4) is 0 Å². The largest absolute Gasteiger partial charge is 0.480 e. The molecule has 0 aliphatic rings. The minimum Gasteiger partial charge on any atom is -0.480 e. The lowest BCUT2D eigenvalue weighted by molar-refractivity contribution is -0.136. The third-order valence-corrected chi connectivity index (χ3v) is 4.37. The molecule has 0 unspecified atom stereocenters. The molecule has 0 saturated heterocycles. The highest BCUT2D eigenvalue weighted by atomic mass is 79.9. The summed E-state index contributed by atoms with van der Waals surface area (Å²) in [5.41, 5.74) is 0.718. The maximum Gasteiger partial charge on any atom is 0.318 e. The molecule has 0 fully saturated rings. The first kappa shape index (κ1) is 11.7. The predicted molar refractivity (Wildman–Crippen MR) is 58.4 cm³/mol. The van der Waals surface area contributed by atoms with Crippen LogP contribution in [0.2, 0.25) is 0 Å². The summed E-state index contributed by atoms with van der Waals surface area (Å²) in [6.45, 7) is 0. The highest BCUT2D eigenvalue weighted by Crippen LogP contribution is 2.31. The van der Waals surface area contributed by atoms with E-state index in [1.165, 1.54) is 12.1 Å². The molecule has 1 rings (SSSR count). The number of rotatable bonds is 3. The monoisotopic (exact) mass is 324 g/mol. The Bertz CT molecular complexity index is 326. The van der Waals surface area contributed by atoms with Gasteiger partial charge >= 0.3 is 5.97 Å². The minimum atomic E-state index is -0.962. The van der Waals surface area contributed by atoms with Gasteiger partial charge in [0, 0.05) is 0 Å². The van der Waals surface area contributed by atoms with Crippen molar-refractivity contribution in [2.24, 2.45) is 0 Å². The van der Waals surface area contributed by atoms with Crippen LogP contribution in [-0.4, -0.2) is 15.9 Å². The Morgan fingerprint density at radius 2 is 1.79 bits per heavy atom. The summed E-state index contributed by atoms with van der Waals surface area (Å²) >= 11 is 6.25. The molecule has 0 radical (unpaired) electrons. The SMILES string of the molecule is O=C(O)[C@@H](Br)[C@H](Br)c1ccc(F)cc1. The van der Waals surface area contributed by atoms with Gasteiger partial charge in [-0.1, -0.05) is 44.0 Å². The molecule has 0 bridgehead atoms. The standard InChI is InChI=1S/C9H7Br2FO2/c10-7(8(11)9(13)14)5-1-3-6(12)4-2-5/h1-4,7-8H,(H,13,14)/t7-,8+/m1/s1. The van der Waals surface area contributed by atoms with E-state index >= 15 is 0 Å². The fourth-order valence-corrected chi connectivity index (χ4v) is 1.78. The Balaban J connectivity index is 2.84. The first-order chi connectivity index (χ1) is 6.52. The van der Waals surface area contributed by atoms with Crippen molar-refractivity contribution in [3.05, 3.63) is 35.6 Å². The lowest BCUT2D eigenvalue weighted by atomic mass is 10.1. The average molecular weight is 326 g/mol. The van der Waals surface area contributed by atoms with E-state index in [0.29, 0.717) is 0 Å². The van der Waals surface area contributed by atoms with Crippen LogP contribution in [0.3, 0.4) is 0 Å². The fourth-order valence-electron chi connectivity index (χ4n) is 0.941. The van der Waals surface area contributed by atoms with Gasteiger partial charge in [-0.3, -0.25) is 4.79 Å². The molecule has 76 valence electrons. The van der Waals surface area contributed by atoms with Crippen molar-refractivity contribution in [1.29, 1.82) is 0 Å². The Morgan fingerprint density at radius 3 is 2.21 bits per heavy atom. The van der Waals surface area contributed by atoms with Crippen LogP contribution in [-0.2, 0) is 4.79 Å². The number of hydrogen-bond acceptors (Lipinski definition) is 1. The quantitative estimate of drug-likeness (QED) is 0.867. The third kappa shape index (κ3) is 2.78. The number of carboxylic acid groups (broad SMARTS) is 1. The number of carbonyl (C=O) groups is 1. The fraction of sp³-hybridized carbons (Fsp3) is 0.222. The Kier molecular flexibility index (Phi) is 4.07. The van der Waals surface area contributed by atoms with Crippen molar-refractivity contribution in [1.82, 2.24) is 0 Å². The molecular formula is C9H7Br2FO2. The molecule has 0 spiro atoms. The normalized spacial score (nSPS) is 14.8. The number of hydrogen-bond donors (Lipinski definition) is 1. The summed E-state index contributed by atoms with van der Waals surface area (Å²) in [6, 6.07) is 5.69.